The van der Waals surface area contributed by atoms with E-state index in [1.54, 1.807) is 12.1 Å². The highest BCUT2D eigenvalue weighted by atomic mass is 16.5. The third kappa shape index (κ3) is 2.66. The molecule has 0 bridgehead atoms. The number of hydrogen-bond donors (Lipinski definition) is 3. The van der Waals surface area contributed by atoms with Crippen LogP contribution in [0.25, 0.3) is 0 Å². The fourth-order valence-corrected chi connectivity index (χ4v) is 2.96. The standard InChI is InChI=1S/C15H21BN2O4/c1-15(8-16-15)10-2-3-11(12(13(10)19)14(20)21)22-9-6-18(7-9)5-4-17/h2-3,9,16,19H,4-8,17H2,1H3,(H,20,21)/t15-/m1/s1. The maximum atomic E-state index is 11.5. The molecule has 2 aliphatic heterocycles. The van der Waals surface area contributed by atoms with E-state index < -0.39 is 5.97 Å². The van der Waals surface area contributed by atoms with Crippen LogP contribution in [0.1, 0.15) is 22.8 Å². The molecule has 0 spiro atoms. The number of rotatable bonds is 6. The zero-order valence-electron chi connectivity index (χ0n) is 12.7. The number of carbonyl (C=O) groups is 1. The van der Waals surface area contributed by atoms with Crippen molar-refractivity contribution < 1.29 is 19.7 Å². The lowest BCUT2D eigenvalue weighted by molar-refractivity contribution is 0.0210. The third-order valence-electron chi connectivity index (χ3n) is 4.67. The summed E-state index contributed by atoms with van der Waals surface area (Å²) in [6.07, 6.45) is 0.919. The van der Waals surface area contributed by atoms with Gasteiger partial charge in [-0.2, -0.15) is 0 Å². The highest BCUT2D eigenvalue weighted by Gasteiger charge is 2.43. The summed E-state index contributed by atoms with van der Waals surface area (Å²) in [6, 6.07) is 3.47. The summed E-state index contributed by atoms with van der Waals surface area (Å²) in [7, 11) is 0.969. The SMILES string of the molecule is C[C@@]1(c2ccc(OC3CN(CCN)C3)c(C(=O)O)c2O)BC1. The predicted octanol–water partition coefficient (Wildman–Crippen LogP) is 0.196. The van der Waals surface area contributed by atoms with Crippen molar-refractivity contribution in [2.24, 2.45) is 5.73 Å². The highest BCUT2D eigenvalue weighted by molar-refractivity contribution is 6.54. The topological polar surface area (TPSA) is 96.0 Å². The Labute approximate surface area is 130 Å². The lowest BCUT2D eigenvalue weighted by atomic mass is 9.81. The Kier molecular flexibility index (Phi) is 3.78. The van der Waals surface area contributed by atoms with Crippen molar-refractivity contribution >= 4 is 13.2 Å². The summed E-state index contributed by atoms with van der Waals surface area (Å²) < 4.78 is 5.76. The fraction of sp³-hybridized carbons (Fsp3) is 0.533. The van der Waals surface area contributed by atoms with Gasteiger partial charge in [0.2, 0.25) is 0 Å². The van der Waals surface area contributed by atoms with Gasteiger partial charge in [0.05, 0.1) is 0 Å². The quantitative estimate of drug-likeness (QED) is 0.650. The minimum atomic E-state index is -1.16. The monoisotopic (exact) mass is 304 g/mol. The van der Waals surface area contributed by atoms with Crippen molar-refractivity contribution in [2.45, 2.75) is 24.7 Å². The van der Waals surface area contributed by atoms with Crippen LogP contribution < -0.4 is 10.5 Å². The molecule has 0 radical (unpaired) electrons. The number of hydrogen-bond acceptors (Lipinski definition) is 5. The average molecular weight is 304 g/mol. The molecule has 0 aliphatic carbocycles. The zero-order valence-corrected chi connectivity index (χ0v) is 12.7. The van der Waals surface area contributed by atoms with Crippen LogP contribution in [0, 0.1) is 0 Å². The molecule has 6 nitrogen and oxygen atoms in total. The molecule has 1 aromatic rings. The second-order valence-corrected chi connectivity index (χ2v) is 6.49. The van der Waals surface area contributed by atoms with Gasteiger partial charge in [0.15, 0.2) is 0 Å². The molecule has 2 aliphatic rings. The van der Waals surface area contributed by atoms with Crippen LogP contribution in [0.15, 0.2) is 12.1 Å². The number of benzene rings is 1. The molecule has 1 aromatic carbocycles. The van der Waals surface area contributed by atoms with Gasteiger partial charge < -0.3 is 20.7 Å². The zero-order chi connectivity index (χ0) is 15.9. The van der Waals surface area contributed by atoms with Gasteiger partial charge in [-0.3, -0.25) is 4.90 Å². The number of ether oxygens (including phenoxy) is 1. The van der Waals surface area contributed by atoms with Crippen molar-refractivity contribution in [3.8, 4) is 11.5 Å². The van der Waals surface area contributed by atoms with Crippen molar-refractivity contribution in [1.82, 2.24) is 4.90 Å². The number of nitrogens with zero attached hydrogens (tertiary/aromatic N) is 1. The second-order valence-electron chi connectivity index (χ2n) is 6.49. The summed E-state index contributed by atoms with van der Waals surface area (Å²) in [5.41, 5.74) is 6.07. The van der Waals surface area contributed by atoms with Crippen molar-refractivity contribution in [3.05, 3.63) is 23.3 Å². The Morgan fingerprint density at radius 1 is 1.55 bits per heavy atom. The molecule has 0 saturated carbocycles. The normalized spacial score (nSPS) is 24.5. The van der Waals surface area contributed by atoms with Crippen molar-refractivity contribution in [1.29, 1.82) is 0 Å². The van der Waals surface area contributed by atoms with E-state index in [0.29, 0.717) is 12.1 Å². The fourth-order valence-electron chi connectivity index (χ4n) is 2.96. The molecule has 4 N–H and O–H groups in total. The molecule has 2 fully saturated rings. The van der Waals surface area contributed by atoms with Gasteiger partial charge in [0, 0.05) is 26.2 Å². The molecule has 22 heavy (non-hydrogen) atoms. The van der Waals surface area contributed by atoms with Crippen molar-refractivity contribution in [2.75, 3.05) is 26.2 Å². The van der Waals surface area contributed by atoms with E-state index in [9.17, 15) is 15.0 Å². The first-order valence-electron chi connectivity index (χ1n) is 7.63. The maximum absolute atomic E-state index is 11.5. The number of likely N-dealkylation sites (tertiary alicyclic amines) is 1. The largest absolute Gasteiger partial charge is 0.507 e. The maximum Gasteiger partial charge on any atom is 0.343 e. The molecule has 7 heteroatoms. The smallest absolute Gasteiger partial charge is 0.343 e. The molecule has 2 saturated heterocycles. The minimum absolute atomic E-state index is 0.0496. The number of nitrogens with two attached hydrogens (primary N) is 1. The molecular formula is C15H21BN2O4. The number of carboxylic acid groups (broad SMARTS) is 1. The van der Waals surface area contributed by atoms with E-state index in [0.717, 1.165) is 33.2 Å². The Morgan fingerprint density at radius 3 is 2.77 bits per heavy atom. The first-order chi connectivity index (χ1) is 10.4. The van der Waals surface area contributed by atoms with Gasteiger partial charge in [-0.05, 0) is 16.9 Å². The summed E-state index contributed by atoms with van der Waals surface area (Å²) in [4.78, 5) is 13.7. The van der Waals surface area contributed by atoms with E-state index in [1.807, 2.05) is 6.92 Å². The molecular weight excluding hydrogens is 283 g/mol. The summed E-state index contributed by atoms with van der Waals surface area (Å²) in [5.74, 6) is -1.06. The van der Waals surface area contributed by atoms with Crippen LogP contribution in [0.2, 0.25) is 6.32 Å². The van der Waals surface area contributed by atoms with E-state index in [2.05, 4.69) is 4.90 Å². The van der Waals surface area contributed by atoms with Gasteiger partial charge in [0.25, 0.3) is 0 Å². The summed E-state index contributed by atoms with van der Waals surface area (Å²) >= 11 is 0. The lowest BCUT2D eigenvalue weighted by Gasteiger charge is -2.39. The molecule has 2 heterocycles. The molecule has 3 rings (SSSR count). The number of carboxylic acids is 1. The van der Waals surface area contributed by atoms with E-state index >= 15 is 0 Å². The Morgan fingerprint density at radius 2 is 2.23 bits per heavy atom. The molecule has 0 unspecified atom stereocenters. The molecule has 0 aromatic heterocycles. The van der Waals surface area contributed by atoms with E-state index in [1.165, 1.54) is 0 Å². The molecule has 1 atom stereocenters. The van der Waals surface area contributed by atoms with Crippen LogP contribution in [-0.2, 0) is 5.31 Å². The summed E-state index contributed by atoms with van der Waals surface area (Å²) in [5, 5.41) is 19.7. The Hall–Kier alpha value is -1.73. The Balaban J connectivity index is 1.80. The van der Waals surface area contributed by atoms with Crippen LogP contribution in [-0.4, -0.2) is 60.6 Å². The number of aromatic carboxylic acids is 1. The minimum Gasteiger partial charge on any atom is -0.507 e. The number of aromatic hydroxyl groups is 1. The second kappa shape index (κ2) is 5.48. The van der Waals surface area contributed by atoms with Crippen LogP contribution in [0.4, 0.5) is 0 Å². The lowest BCUT2D eigenvalue weighted by Crippen LogP contribution is -2.55. The van der Waals surface area contributed by atoms with Crippen LogP contribution in [0.3, 0.4) is 0 Å². The van der Waals surface area contributed by atoms with Gasteiger partial charge in [-0.15, -0.1) is 0 Å². The van der Waals surface area contributed by atoms with Gasteiger partial charge in [-0.25, -0.2) is 4.79 Å². The van der Waals surface area contributed by atoms with Gasteiger partial charge in [0.1, 0.15) is 30.4 Å². The highest BCUT2D eigenvalue weighted by Crippen LogP contribution is 2.47. The number of phenols is 1. The first kappa shape index (κ1) is 15.2. The average Bonchev–Trinajstić information content (AvgIpc) is 3.14. The molecule has 0 amide bonds. The predicted molar refractivity (Wildman–Crippen MR) is 84.3 cm³/mol. The van der Waals surface area contributed by atoms with Gasteiger partial charge >= 0.3 is 5.97 Å². The van der Waals surface area contributed by atoms with Crippen molar-refractivity contribution in [3.63, 3.8) is 0 Å². The summed E-state index contributed by atoms with van der Waals surface area (Å²) in [6.45, 7) is 4.91. The first-order valence-corrected chi connectivity index (χ1v) is 7.63. The molecule has 118 valence electrons. The Bertz CT molecular complexity index is 597. The van der Waals surface area contributed by atoms with Crippen LogP contribution in [0.5, 0.6) is 11.5 Å². The van der Waals surface area contributed by atoms with E-state index in [4.69, 9.17) is 10.5 Å². The van der Waals surface area contributed by atoms with Crippen LogP contribution >= 0.6 is 0 Å². The van der Waals surface area contributed by atoms with Gasteiger partial charge in [-0.1, -0.05) is 19.3 Å². The van der Waals surface area contributed by atoms with E-state index in [-0.39, 0.29) is 28.5 Å². The third-order valence-corrected chi connectivity index (χ3v) is 4.67.